The van der Waals surface area contributed by atoms with Crippen LogP contribution in [-0.2, 0) is 9.53 Å². The number of carbonyl (C=O) groups excluding carboxylic acids is 1. The summed E-state index contributed by atoms with van der Waals surface area (Å²) in [4.78, 5) is 11.6. The van der Waals surface area contributed by atoms with Crippen LogP contribution in [0.25, 0.3) is 6.08 Å². The van der Waals surface area contributed by atoms with E-state index in [1.54, 1.807) is 6.08 Å². The molecule has 0 bridgehead atoms. The van der Waals surface area contributed by atoms with E-state index in [9.17, 15) is 4.79 Å². The van der Waals surface area contributed by atoms with Gasteiger partial charge in [0.1, 0.15) is 11.5 Å². The first-order valence-corrected chi connectivity index (χ1v) is 7.95. The van der Waals surface area contributed by atoms with E-state index in [1.165, 1.54) is 6.08 Å². The molecule has 0 heterocycles. The lowest BCUT2D eigenvalue weighted by Gasteiger charge is -2.11. The van der Waals surface area contributed by atoms with Crippen molar-refractivity contribution < 1.29 is 19.0 Å². The SMILES string of the molecule is CCCOC(=O)C=Cc1cc(OCCC)ccc1OCCC. The van der Waals surface area contributed by atoms with E-state index in [0.29, 0.717) is 19.8 Å². The smallest absolute Gasteiger partial charge is 0.330 e. The van der Waals surface area contributed by atoms with Gasteiger partial charge in [0.05, 0.1) is 19.8 Å². The average Bonchev–Trinajstić information content (AvgIpc) is 2.54. The lowest BCUT2D eigenvalue weighted by molar-refractivity contribution is -0.137. The highest BCUT2D eigenvalue weighted by Crippen LogP contribution is 2.26. The van der Waals surface area contributed by atoms with Crippen LogP contribution in [0, 0.1) is 0 Å². The minimum atomic E-state index is -0.344. The van der Waals surface area contributed by atoms with E-state index in [1.807, 2.05) is 25.1 Å². The van der Waals surface area contributed by atoms with Crippen molar-refractivity contribution in [2.75, 3.05) is 19.8 Å². The van der Waals surface area contributed by atoms with Gasteiger partial charge in [0.15, 0.2) is 0 Å². The minimum absolute atomic E-state index is 0.344. The number of ether oxygens (including phenoxy) is 3. The van der Waals surface area contributed by atoms with Crippen molar-refractivity contribution in [3.63, 3.8) is 0 Å². The third-order valence-corrected chi connectivity index (χ3v) is 2.76. The van der Waals surface area contributed by atoms with Crippen molar-refractivity contribution in [2.24, 2.45) is 0 Å². The number of benzene rings is 1. The van der Waals surface area contributed by atoms with Crippen LogP contribution in [0.4, 0.5) is 0 Å². The van der Waals surface area contributed by atoms with Crippen molar-refractivity contribution in [1.29, 1.82) is 0 Å². The fourth-order valence-corrected chi connectivity index (χ4v) is 1.72. The molecule has 0 aliphatic rings. The van der Waals surface area contributed by atoms with Gasteiger partial charge < -0.3 is 14.2 Å². The Morgan fingerprint density at radius 2 is 1.68 bits per heavy atom. The molecule has 1 rings (SSSR count). The molecule has 4 nitrogen and oxygen atoms in total. The van der Waals surface area contributed by atoms with Crippen LogP contribution < -0.4 is 9.47 Å². The maximum Gasteiger partial charge on any atom is 0.330 e. The van der Waals surface area contributed by atoms with Gasteiger partial charge in [0.25, 0.3) is 0 Å². The van der Waals surface area contributed by atoms with Crippen LogP contribution in [0.15, 0.2) is 24.3 Å². The van der Waals surface area contributed by atoms with Crippen LogP contribution >= 0.6 is 0 Å². The van der Waals surface area contributed by atoms with Crippen LogP contribution in [0.5, 0.6) is 11.5 Å². The molecule has 0 fully saturated rings. The largest absolute Gasteiger partial charge is 0.494 e. The van der Waals surface area contributed by atoms with E-state index in [4.69, 9.17) is 14.2 Å². The quantitative estimate of drug-likeness (QED) is 0.479. The number of rotatable bonds is 10. The fourth-order valence-electron chi connectivity index (χ4n) is 1.72. The zero-order valence-corrected chi connectivity index (χ0v) is 13.8. The molecule has 0 amide bonds. The van der Waals surface area contributed by atoms with Gasteiger partial charge in [-0.25, -0.2) is 4.79 Å². The summed E-state index contributed by atoms with van der Waals surface area (Å²) >= 11 is 0. The highest BCUT2D eigenvalue weighted by atomic mass is 16.5. The zero-order chi connectivity index (χ0) is 16.2. The lowest BCUT2D eigenvalue weighted by atomic mass is 10.1. The van der Waals surface area contributed by atoms with Crippen LogP contribution in [0.3, 0.4) is 0 Å². The van der Waals surface area contributed by atoms with Crippen molar-refractivity contribution in [3.8, 4) is 11.5 Å². The van der Waals surface area contributed by atoms with Crippen molar-refractivity contribution in [3.05, 3.63) is 29.8 Å². The average molecular weight is 306 g/mol. The fraction of sp³-hybridized carbons (Fsp3) is 0.500. The molecule has 0 saturated heterocycles. The summed E-state index contributed by atoms with van der Waals surface area (Å²) in [5.74, 6) is 1.17. The maximum absolute atomic E-state index is 11.6. The number of esters is 1. The van der Waals surface area contributed by atoms with Crippen LogP contribution in [-0.4, -0.2) is 25.8 Å². The molecule has 0 saturated carbocycles. The van der Waals surface area contributed by atoms with Crippen LogP contribution in [0.2, 0.25) is 0 Å². The Labute approximate surface area is 133 Å². The molecule has 0 aromatic heterocycles. The molecule has 0 N–H and O–H groups in total. The molecular weight excluding hydrogens is 280 g/mol. The van der Waals surface area contributed by atoms with Gasteiger partial charge in [-0.2, -0.15) is 0 Å². The highest BCUT2D eigenvalue weighted by molar-refractivity contribution is 5.87. The maximum atomic E-state index is 11.6. The van der Waals surface area contributed by atoms with E-state index < -0.39 is 0 Å². The Bertz CT molecular complexity index is 480. The molecule has 4 heteroatoms. The predicted molar refractivity (Wildman–Crippen MR) is 88.3 cm³/mol. The van der Waals surface area contributed by atoms with E-state index in [2.05, 4.69) is 13.8 Å². The van der Waals surface area contributed by atoms with Gasteiger partial charge in [0, 0.05) is 11.6 Å². The van der Waals surface area contributed by atoms with Gasteiger partial charge in [-0.15, -0.1) is 0 Å². The first kappa shape index (κ1) is 18.1. The molecule has 0 aliphatic heterocycles. The molecule has 122 valence electrons. The van der Waals surface area contributed by atoms with Gasteiger partial charge in [-0.1, -0.05) is 20.8 Å². The third kappa shape index (κ3) is 6.66. The van der Waals surface area contributed by atoms with Gasteiger partial charge in [-0.05, 0) is 43.5 Å². The summed E-state index contributed by atoms with van der Waals surface area (Å²) in [7, 11) is 0. The summed E-state index contributed by atoms with van der Waals surface area (Å²) in [5, 5.41) is 0. The Balaban J connectivity index is 2.85. The van der Waals surface area contributed by atoms with Gasteiger partial charge in [-0.3, -0.25) is 0 Å². The summed E-state index contributed by atoms with van der Waals surface area (Å²) in [6, 6.07) is 5.63. The first-order valence-electron chi connectivity index (χ1n) is 7.95. The highest BCUT2D eigenvalue weighted by Gasteiger charge is 2.05. The minimum Gasteiger partial charge on any atom is -0.494 e. The monoisotopic (exact) mass is 306 g/mol. The molecule has 22 heavy (non-hydrogen) atoms. The molecule has 0 radical (unpaired) electrons. The third-order valence-electron chi connectivity index (χ3n) is 2.76. The topological polar surface area (TPSA) is 44.8 Å². The summed E-state index contributed by atoms with van der Waals surface area (Å²) < 4.78 is 16.4. The number of hydrogen-bond donors (Lipinski definition) is 0. The predicted octanol–water partition coefficient (Wildman–Crippen LogP) is 4.23. The second kappa shape index (κ2) is 10.7. The lowest BCUT2D eigenvalue weighted by Crippen LogP contribution is -2.02. The van der Waals surface area contributed by atoms with Crippen molar-refractivity contribution >= 4 is 12.0 Å². The Morgan fingerprint density at radius 3 is 2.36 bits per heavy atom. The van der Waals surface area contributed by atoms with E-state index >= 15 is 0 Å². The summed E-state index contributed by atoms with van der Waals surface area (Å²) in [6.07, 6.45) is 5.82. The first-order chi connectivity index (χ1) is 10.7. The summed E-state index contributed by atoms with van der Waals surface area (Å²) in [6.45, 7) is 7.80. The number of hydrogen-bond acceptors (Lipinski definition) is 4. The Morgan fingerprint density at radius 1 is 1.00 bits per heavy atom. The molecule has 1 aromatic carbocycles. The molecule has 0 spiro atoms. The molecule has 0 atom stereocenters. The second-order valence-electron chi connectivity index (χ2n) is 4.90. The van der Waals surface area contributed by atoms with Crippen molar-refractivity contribution in [1.82, 2.24) is 0 Å². The molecule has 0 unspecified atom stereocenters. The Hall–Kier alpha value is -1.97. The van der Waals surface area contributed by atoms with E-state index in [-0.39, 0.29) is 5.97 Å². The molecular formula is C18H26O4. The number of carbonyl (C=O) groups is 1. The molecule has 0 aliphatic carbocycles. The van der Waals surface area contributed by atoms with Crippen molar-refractivity contribution in [2.45, 2.75) is 40.0 Å². The Kier molecular flexibility index (Phi) is 8.80. The normalized spacial score (nSPS) is 10.7. The standard InChI is InChI=1S/C18H26O4/c1-4-11-20-16-8-9-17(21-12-5-2)15(14-16)7-10-18(19)22-13-6-3/h7-10,14H,4-6,11-13H2,1-3H3. The zero-order valence-electron chi connectivity index (χ0n) is 13.8. The van der Waals surface area contributed by atoms with E-state index in [0.717, 1.165) is 36.3 Å². The molecule has 1 aromatic rings. The summed E-state index contributed by atoms with van der Waals surface area (Å²) in [5.41, 5.74) is 0.815. The van der Waals surface area contributed by atoms with Gasteiger partial charge in [0.2, 0.25) is 0 Å². The van der Waals surface area contributed by atoms with Crippen LogP contribution in [0.1, 0.15) is 45.6 Å². The van der Waals surface area contributed by atoms with Gasteiger partial charge >= 0.3 is 5.97 Å². The second-order valence-corrected chi connectivity index (χ2v) is 4.90.